The van der Waals surface area contributed by atoms with Crippen LogP contribution in [0.1, 0.15) is 42.3 Å². The van der Waals surface area contributed by atoms with Crippen molar-refractivity contribution in [3.05, 3.63) is 29.1 Å². The van der Waals surface area contributed by atoms with Crippen LogP contribution in [-0.2, 0) is 24.8 Å². The summed E-state index contributed by atoms with van der Waals surface area (Å²) in [7, 11) is 3.77. The lowest BCUT2D eigenvalue weighted by Crippen LogP contribution is -2.35. The summed E-state index contributed by atoms with van der Waals surface area (Å²) in [5, 5.41) is 14.8. The van der Waals surface area contributed by atoms with Crippen LogP contribution >= 0.6 is 0 Å². The maximum Gasteiger partial charge on any atom is 0.224 e. The standard InChI is InChI=1S/C15H23N7O/c1-5-12-18-13(20-19-12)8-16-11-6-14(23)21(3)15(11)10-7-17-22(4)9(10)2/h7,11,15-16H,5-6,8H2,1-4H3,(H,18,19,20)/t11-,15+/m1/s1. The van der Waals surface area contributed by atoms with E-state index in [1.54, 1.807) is 4.90 Å². The Labute approximate surface area is 135 Å². The zero-order valence-corrected chi connectivity index (χ0v) is 14.0. The minimum absolute atomic E-state index is 0.00948. The van der Waals surface area contributed by atoms with E-state index in [4.69, 9.17) is 0 Å². The summed E-state index contributed by atoms with van der Waals surface area (Å²) >= 11 is 0. The first-order valence-corrected chi connectivity index (χ1v) is 7.89. The topological polar surface area (TPSA) is 91.7 Å². The molecule has 3 heterocycles. The van der Waals surface area contributed by atoms with Gasteiger partial charge in [-0.3, -0.25) is 14.6 Å². The number of likely N-dealkylation sites (N-methyl/N-ethyl adjacent to an activating group) is 1. The molecule has 23 heavy (non-hydrogen) atoms. The van der Waals surface area contributed by atoms with Crippen LogP contribution in [0.4, 0.5) is 0 Å². The third kappa shape index (κ3) is 2.86. The highest BCUT2D eigenvalue weighted by atomic mass is 16.2. The molecule has 8 heteroatoms. The average Bonchev–Trinajstić information content (AvgIpc) is 3.20. The lowest BCUT2D eigenvalue weighted by atomic mass is 10.0. The van der Waals surface area contributed by atoms with Crippen molar-refractivity contribution in [2.24, 2.45) is 7.05 Å². The molecule has 1 aliphatic rings. The second-order valence-corrected chi connectivity index (χ2v) is 6.00. The number of nitrogens with zero attached hydrogens (tertiary/aromatic N) is 5. The number of hydrogen-bond donors (Lipinski definition) is 2. The SMILES string of the molecule is CCc1n[nH]c(CN[C@@H]2CC(=O)N(C)[C@H]2c2cnn(C)c2C)n1. The molecule has 3 rings (SSSR count). The Morgan fingerprint density at radius 3 is 2.83 bits per heavy atom. The third-order valence-corrected chi connectivity index (χ3v) is 4.60. The highest BCUT2D eigenvalue weighted by molar-refractivity contribution is 5.80. The summed E-state index contributed by atoms with van der Waals surface area (Å²) in [6.45, 7) is 4.61. The Hall–Kier alpha value is -2.22. The molecule has 2 N–H and O–H groups in total. The second-order valence-electron chi connectivity index (χ2n) is 6.00. The van der Waals surface area contributed by atoms with E-state index in [-0.39, 0.29) is 18.0 Å². The number of carbonyl (C=O) groups excluding carboxylic acids is 1. The molecule has 0 spiro atoms. The summed E-state index contributed by atoms with van der Waals surface area (Å²) in [4.78, 5) is 18.4. The number of aryl methyl sites for hydroxylation is 2. The first-order valence-electron chi connectivity index (χ1n) is 7.89. The smallest absolute Gasteiger partial charge is 0.224 e. The second kappa shape index (κ2) is 6.11. The summed E-state index contributed by atoms with van der Waals surface area (Å²) in [6, 6.07) is 0.0235. The highest BCUT2D eigenvalue weighted by Crippen LogP contribution is 2.33. The van der Waals surface area contributed by atoms with E-state index in [0.717, 1.165) is 29.3 Å². The molecular formula is C15H23N7O. The van der Waals surface area contributed by atoms with Gasteiger partial charge in [-0.15, -0.1) is 0 Å². The summed E-state index contributed by atoms with van der Waals surface area (Å²) in [5.74, 6) is 1.74. The lowest BCUT2D eigenvalue weighted by molar-refractivity contribution is -0.127. The Balaban J connectivity index is 1.76. The van der Waals surface area contributed by atoms with Gasteiger partial charge in [0.1, 0.15) is 11.6 Å². The summed E-state index contributed by atoms with van der Waals surface area (Å²) < 4.78 is 1.84. The zero-order chi connectivity index (χ0) is 16.6. The van der Waals surface area contributed by atoms with Crippen molar-refractivity contribution in [1.82, 2.24) is 35.2 Å². The molecule has 1 fully saturated rings. The molecule has 124 valence electrons. The Bertz CT molecular complexity index is 704. The minimum atomic E-state index is -0.00948. The Morgan fingerprint density at radius 2 is 2.22 bits per heavy atom. The highest BCUT2D eigenvalue weighted by Gasteiger charge is 2.39. The normalized spacial score (nSPS) is 21.4. The third-order valence-electron chi connectivity index (χ3n) is 4.60. The van der Waals surface area contributed by atoms with Gasteiger partial charge in [-0.25, -0.2) is 4.98 Å². The van der Waals surface area contributed by atoms with E-state index >= 15 is 0 Å². The number of likely N-dealkylation sites (tertiary alicyclic amines) is 1. The number of hydrogen-bond acceptors (Lipinski definition) is 5. The molecule has 0 bridgehead atoms. The zero-order valence-electron chi connectivity index (χ0n) is 14.0. The van der Waals surface area contributed by atoms with Crippen LogP contribution in [0, 0.1) is 6.92 Å². The molecule has 0 aromatic carbocycles. The minimum Gasteiger partial charge on any atom is -0.337 e. The van der Waals surface area contributed by atoms with Crippen LogP contribution in [-0.4, -0.2) is 48.9 Å². The Morgan fingerprint density at radius 1 is 1.43 bits per heavy atom. The fourth-order valence-electron chi connectivity index (χ4n) is 3.08. The van der Waals surface area contributed by atoms with E-state index in [2.05, 4.69) is 25.6 Å². The van der Waals surface area contributed by atoms with Crippen molar-refractivity contribution in [2.45, 2.75) is 45.3 Å². The first kappa shape index (κ1) is 15.7. The van der Waals surface area contributed by atoms with Crippen LogP contribution in [0.15, 0.2) is 6.20 Å². The predicted molar refractivity (Wildman–Crippen MR) is 84.5 cm³/mol. The fraction of sp³-hybridized carbons (Fsp3) is 0.600. The molecule has 2 atom stereocenters. The van der Waals surface area contributed by atoms with Crippen molar-refractivity contribution >= 4 is 5.91 Å². The number of aromatic amines is 1. The number of aromatic nitrogens is 5. The number of amides is 1. The molecule has 2 aromatic heterocycles. The van der Waals surface area contributed by atoms with Crippen LogP contribution in [0.3, 0.4) is 0 Å². The number of carbonyl (C=O) groups is 1. The largest absolute Gasteiger partial charge is 0.337 e. The van der Waals surface area contributed by atoms with Gasteiger partial charge in [-0.2, -0.15) is 10.2 Å². The van der Waals surface area contributed by atoms with Gasteiger partial charge < -0.3 is 10.2 Å². The Kier molecular flexibility index (Phi) is 4.16. The van der Waals surface area contributed by atoms with Gasteiger partial charge >= 0.3 is 0 Å². The monoisotopic (exact) mass is 317 g/mol. The molecule has 2 aromatic rings. The molecule has 0 saturated carbocycles. The van der Waals surface area contributed by atoms with Crippen LogP contribution in [0.2, 0.25) is 0 Å². The van der Waals surface area contributed by atoms with Gasteiger partial charge in [0.2, 0.25) is 5.91 Å². The fourth-order valence-corrected chi connectivity index (χ4v) is 3.08. The van der Waals surface area contributed by atoms with E-state index < -0.39 is 0 Å². The van der Waals surface area contributed by atoms with Crippen molar-refractivity contribution in [3.8, 4) is 0 Å². The lowest BCUT2D eigenvalue weighted by Gasteiger charge is -2.25. The maximum atomic E-state index is 12.2. The van der Waals surface area contributed by atoms with E-state index in [1.807, 2.05) is 38.8 Å². The van der Waals surface area contributed by atoms with Gasteiger partial charge in [0.25, 0.3) is 0 Å². The van der Waals surface area contributed by atoms with Gasteiger partial charge in [0.15, 0.2) is 0 Å². The average molecular weight is 317 g/mol. The number of nitrogens with one attached hydrogen (secondary N) is 2. The number of rotatable bonds is 5. The van der Waals surface area contributed by atoms with Gasteiger partial charge in [-0.1, -0.05) is 6.92 Å². The molecule has 8 nitrogen and oxygen atoms in total. The molecular weight excluding hydrogens is 294 g/mol. The van der Waals surface area contributed by atoms with E-state index in [0.29, 0.717) is 13.0 Å². The molecule has 0 radical (unpaired) electrons. The molecule has 0 aliphatic carbocycles. The van der Waals surface area contributed by atoms with Gasteiger partial charge in [0.05, 0.1) is 18.8 Å². The summed E-state index contributed by atoms with van der Waals surface area (Å²) in [6.07, 6.45) is 3.14. The van der Waals surface area contributed by atoms with Crippen molar-refractivity contribution in [1.29, 1.82) is 0 Å². The van der Waals surface area contributed by atoms with E-state index in [1.165, 1.54) is 0 Å². The number of H-pyrrole nitrogens is 1. The predicted octanol–water partition coefficient (Wildman–Crippen LogP) is 0.471. The molecule has 1 amide bonds. The molecule has 0 unspecified atom stereocenters. The maximum absolute atomic E-state index is 12.2. The van der Waals surface area contributed by atoms with Crippen LogP contribution in [0.25, 0.3) is 0 Å². The van der Waals surface area contributed by atoms with Crippen LogP contribution < -0.4 is 5.32 Å². The molecule has 1 aliphatic heterocycles. The van der Waals surface area contributed by atoms with Crippen molar-refractivity contribution in [3.63, 3.8) is 0 Å². The first-order chi connectivity index (χ1) is 11.0. The quantitative estimate of drug-likeness (QED) is 0.836. The van der Waals surface area contributed by atoms with Crippen molar-refractivity contribution in [2.75, 3.05) is 7.05 Å². The van der Waals surface area contributed by atoms with E-state index in [9.17, 15) is 4.79 Å². The van der Waals surface area contributed by atoms with Gasteiger partial charge in [-0.05, 0) is 6.92 Å². The molecule has 1 saturated heterocycles. The van der Waals surface area contributed by atoms with Gasteiger partial charge in [0, 0.05) is 44.2 Å². The van der Waals surface area contributed by atoms with Crippen LogP contribution in [0.5, 0.6) is 0 Å². The summed E-state index contributed by atoms with van der Waals surface area (Å²) in [5.41, 5.74) is 2.17. The van der Waals surface area contributed by atoms with Crippen molar-refractivity contribution < 1.29 is 4.79 Å².